The molecule has 0 saturated carbocycles. The van der Waals surface area contributed by atoms with Crippen molar-refractivity contribution < 1.29 is 23.5 Å². The van der Waals surface area contributed by atoms with E-state index in [4.69, 9.17) is 0 Å². The second kappa shape index (κ2) is 6.98. The van der Waals surface area contributed by atoms with Crippen LogP contribution in [0.25, 0.3) is 0 Å². The third-order valence-electron chi connectivity index (χ3n) is 5.00. The number of fused-ring (bicyclic) bond motifs is 1. The van der Waals surface area contributed by atoms with Gasteiger partial charge in [-0.2, -0.15) is 0 Å². The van der Waals surface area contributed by atoms with E-state index in [1.807, 2.05) is 20.8 Å². The summed E-state index contributed by atoms with van der Waals surface area (Å²) in [6.07, 6.45) is -0.649. The lowest BCUT2D eigenvalue weighted by Crippen LogP contribution is -2.53. The van der Waals surface area contributed by atoms with Crippen molar-refractivity contribution in [2.24, 2.45) is 0 Å². The number of hydrogen-bond acceptors (Lipinski definition) is 2. The summed E-state index contributed by atoms with van der Waals surface area (Å²) in [5, 5.41) is 9.68. The highest BCUT2D eigenvalue weighted by Gasteiger charge is 2.37. The molecule has 0 aromatic heterocycles. The zero-order valence-corrected chi connectivity index (χ0v) is 15.3. The first-order valence-corrected chi connectivity index (χ1v) is 8.65. The van der Waals surface area contributed by atoms with Crippen LogP contribution in [0, 0.1) is 25.5 Å². The Labute approximate surface area is 155 Å². The molecule has 0 bridgehead atoms. The summed E-state index contributed by atoms with van der Waals surface area (Å²) in [5.41, 5.74) is 2.11. The zero-order chi connectivity index (χ0) is 19.9. The number of amides is 2. The minimum atomic E-state index is -1.21. The fraction of sp³-hybridized carbons (Fsp3) is 0.300. The number of benzene rings is 2. The number of carbonyl (C=O) groups is 2. The van der Waals surface area contributed by atoms with Crippen molar-refractivity contribution in [1.29, 1.82) is 0 Å². The molecule has 1 heterocycles. The van der Waals surface area contributed by atoms with E-state index >= 15 is 0 Å². The van der Waals surface area contributed by atoms with Crippen LogP contribution in [-0.4, -0.2) is 29.7 Å². The Morgan fingerprint density at radius 3 is 2.37 bits per heavy atom. The molecule has 0 spiro atoms. The average Bonchev–Trinajstić information content (AvgIpc) is 2.63. The molecule has 27 heavy (non-hydrogen) atoms. The molecule has 1 N–H and O–H groups in total. The van der Waals surface area contributed by atoms with E-state index in [9.17, 15) is 23.5 Å². The van der Waals surface area contributed by atoms with E-state index in [1.165, 1.54) is 21.9 Å². The fourth-order valence-electron chi connectivity index (χ4n) is 3.36. The molecule has 0 saturated heterocycles. The van der Waals surface area contributed by atoms with E-state index in [2.05, 4.69) is 0 Å². The molecule has 7 heteroatoms. The number of carboxylic acid groups (broad SMARTS) is 1. The van der Waals surface area contributed by atoms with Crippen molar-refractivity contribution in [3.05, 3.63) is 58.7 Å². The maximum Gasteiger partial charge on any atom is 0.412 e. The number of carbonyl (C=O) groups excluding carboxylic acids is 1. The number of nitrogens with zero attached hydrogens (tertiary/aromatic N) is 2. The summed E-state index contributed by atoms with van der Waals surface area (Å²) < 4.78 is 27.8. The molecule has 2 aromatic carbocycles. The summed E-state index contributed by atoms with van der Waals surface area (Å²) in [6, 6.07) is 6.39. The number of anilines is 2. The third-order valence-corrected chi connectivity index (χ3v) is 5.00. The average molecular weight is 374 g/mol. The van der Waals surface area contributed by atoms with Gasteiger partial charge in [-0.15, -0.1) is 0 Å². The molecule has 0 aliphatic carbocycles. The van der Waals surface area contributed by atoms with Gasteiger partial charge in [-0.05, 0) is 55.7 Å². The molecule has 1 atom stereocenters. The molecule has 142 valence electrons. The standard InChI is InChI=1S/C20H20F2N2O3/c1-4-13-10-23(19(25)14-6-5-7-15(21)18(14)22)16-8-11(2)12(3)9-17(16)24(13)20(26)27/h5-9,13H,4,10H2,1-3H3,(H,26,27). The van der Waals surface area contributed by atoms with E-state index in [1.54, 1.807) is 12.1 Å². The Morgan fingerprint density at radius 2 is 1.78 bits per heavy atom. The molecular formula is C20H20F2N2O3. The maximum absolute atomic E-state index is 14.2. The maximum atomic E-state index is 14.2. The van der Waals surface area contributed by atoms with Crippen molar-refractivity contribution in [2.75, 3.05) is 16.3 Å². The van der Waals surface area contributed by atoms with Crippen LogP contribution in [0.3, 0.4) is 0 Å². The minimum absolute atomic E-state index is 0.0626. The first-order valence-electron chi connectivity index (χ1n) is 8.65. The van der Waals surface area contributed by atoms with Crippen LogP contribution in [-0.2, 0) is 0 Å². The van der Waals surface area contributed by atoms with Crippen LogP contribution >= 0.6 is 0 Å². The monoisotopic (exact) mass is 374 g/mol. The molecule has 1 aliphatic heterocycles. The quantitative estimate of drug-likeness (QED) is 0.842. The topological polar surface area (TPSA) is 60.9 Å². The Hall–Kier alpha value is -2.96. The van der Waals surface area contributed by atoms with Gasteiger partial charge in [0.2, 0.25) is 0 Å². The Kier molecular flexibility index (Phi) is 4.87. The highest BCUT2D eigenvalue weighted by Crippen LogP contribution is 2.39. The molecule has 2 aromatic rings. The first kappa shape index (κ1) is 18.8. The van der Waals surface area contributed by atoms with Crippen molar-refractivity contribution in [1.82, 2.24) is 0 Å². The van der Waals surface area contributed by atoms with Crippen LogP contribution in [0.5, 0.6) is 0 Å². The van der Waals surface area contributed by atoms with Crippen LogP contribution < -0.4 is 9.80 Å². The van der Waals surface area contributed by atoms with Crippen molar-refractivity contribution in [3.63, 3.8) is 0 Å². The summed E-state index contributed by atoms with van der Waals surface area (Å²) >= 11 is 0. The van der Waals surface area contributed by atoms with Gasteiger partial charge in [0.1, 0.15) is 0 Å². The van der Waals surface area contributed by atoms with Gasteiger partial charge >= 0.3 is 6.09 Å². The number of halogens is 2. The lowest BCUT2D eigenvalue weighted by molar-refractivity contribution is 0.0977. The van der Waals surface area contributed by atoms with Gasteiger partial charge in [0.15, 0.2) is 11.6 Å². The van der Waals surface area contributed by atoms with Gasteiger partial charge in [-0.1, -0.05) is 13.0 Å². The van der Waals surface area contributed by atoms with Gasteiger partial charge in [-0.3, -0.25) is 9.69 Å². The zero-order valence-electron chi connectivity index (χ0n) is 15.3. The van der Waals surface area contributed by atoms with Crippen LogP contribution in [0.15, 0.2) is 30.3 Å². The summed E-state index contributed by atoms with van der Waals surface area (Å²) in [5.74, 6) is -3.00. The van der Waals surface area contributed by atoms with Crippen molar-refractivity contribution in [2.45, 2.75) is 33.2 Å². The first-order chi connectivity index (χ1) is 12.8. The lowest BCUT2D eigenvalue weighted by Gasteiger charge is -2.41. The number of hydrogen-bond donors (Lipinski definition) is 1. The molecular weight excluding hydrogens is 354 g/mol. The largest absolute Gasteiger partial charge is 0.465 e. The Morgan fingerprint density at radius 1 is 1.15 bits per heavy atom. The summed E-state index contributed by atoms with van der Waals surface area (Å²) in [4.78, 5) is 27.4. The van der Waals surface area contributed by atoms with Crippen LogP contribution in [0.4, 0.5) is 25.0 Å². The predicted molar refractivity (Wildman–Crippen MR) is 98.5 cm³/mol. The highest BCUT2D eigenvalue weighted by molar-refractivity contribution is 6.10. The smallest absolute Gasteiger partial charge is 0.412 e. The summed E-state index contributed by atoms with van der Waals surface area (Å²) in [7, 11) is 0. The third kappa shape index (κ3) is 3.13. The van der Waals surface area contributed by atoms with Gasteiger partial charge in [0.05, 0.1) is 23.0 Å². The molecule has 0 radical (unpaired) electrons. The van der Waals surface area contributed by atoms with Gasteiger partial charge in [-0.25, -0.2) is 13.6 Å². The Balaban J connectivity index is 2.18. The minimum Gasteiger partial charge on any atom is -0.465 e. The molecule has 0 fully saturated rings. The van der Waals surface area contributed by atoms with E-state index in [-0.39, 0.29) is 12.1 Å². The van der Waals surface area contributed by atoms with Gasteiger partial charge in [0.25, 0.3) is 5.91 Å². The van der Waals surface area contributed by atoms with Crippen LogP contribution in [0.2, 0.25) is 0 Å². The number of rotatable bonds is 2. The molecule has 2 amide bonds. The van der Waals surface area contributed by atoms with E-state index in [0.717, 1.165) is 17.2 Å². The fourth-order valence-corrected chi connectivity index (χ4v) is 3.36. The second-order valence-electron chi connectivity index (χ2n) is 6.66. The lowest BCUT2D eigenvalue weighted by atomic mass is 9.99. The van der Waals surface area contributed by atoms with Crippen molar-refractivity contribution >= 4 is 23.4 Å². The molecule has 1 aliphatic rings. The van der Waals surface area contributed by atoms with Crippen LogP contribution in [0.1, 0.15) is 34.8 Å². The predicted octanol–water partition coefficient (Wildman–Crippen LogP) is 4.51. The van der Waals surface area contributed by atoms with E-state index < -0.39 is 29.7 Å². The SMILES string of the molecule is CCC1CN(C(=O)c2cccc(F)c2F)c2cc(C)c(C)cc2N1C(=O)O. The molecule has 5 nitrogen and oxygen atoms in total. The molecule has 1 unspecified atom stereocenters. The normalized spacial score (nSPS) is 16.3. The summed E-state index contributed by atoms with van der Waals surface area (Å²) in [6.45, 7) is 5.58. The number of aryl methyl sites for hydroxylation is 2. The molecule has 3 rings (SSSR count). The second-order valence-corrected chi connectivity index (χ2v) is 6.66. The highest BCUT2D eigenvalue weighted by atomic mass is 19.2. The van der Waals surface area contributed by atoms with Gasteiger partial charge in [0, 0.05) is 6.54 Å². The van der Waals surface area contributed by atoms with Gasteiger partial charge < -0.3 is 10.0 Å². The van der Waals surface area contributed by atoms with Crippen molar-refractivity contribution in [3.8, 4) is 0 Å². The van der Waals surface area contributed by atoms with E-state index in [0.29, 0.717) is 17.8 Å². The Bertz CT molecular complexity index is 930.